The van der Waals surface area contributed by atoms with E-state index in [1.165, 1.54) is 0 Å². The van der Waals surface area contributed by atoms with Gasteiger partial charge in [-0.1, -0.05) is 6.08 Å². The Morgan fingerprint density at radius 3 is 3.09 bits per heavy atom. The molecular weight excluding hydrogens is 255 g/mol. The van der Waals surface area contributed by atoms with E-state index in [1.54, 1.807) is 0 Å². The highest BCUT2D eigenvalue weighted by Crippen LogP contribution is 2.23. The van der Waals surface area contributed by atoms with E-state index in [9.17, 15) is 5.11 Å². The van der Waals surface area contributed by atoms with Gasteiger partial charge in [-0.2, -0.15) is 0 Å². The van der Waals surface area contributed by atoms with Crippen LogP contribution in [-0.2, 0) is 4.74 Å². The molecule has 0 saturated carbocycles. The zero-order chi connectivity index (χ0) is 8.27. The Hall–Kier alpha value is -0.0300. The van der Waals surface area contributed by atoms with E-state index in [0.717, 1.165) is 3.58 Å². The molecule has 0 radical (unpaired) electrons. The largest absolute Gasteiger partial charge is 0.511 e. The van der Waals surface area contributed by atoms with Gasteiger partial charge in [0.2, 0.25) is 0 Å². The van der Waals surface area contributed by atoms with E-state index in [2.05, 4.69) is 22.6 Å². The number of halogens is 1. The lowest BCUT2D eigenvalue weighted by Crippen LogP contribution is -2.13. The third-order valence-electron chi connectivity index (χ3n) is 1.51. The zero-order valence-electron chi connectivity index (χ0n) is 6.38. The second-order valence-electron chi connectivity index (χ2n) is 2.35. The van der Waals surface area contributed by atoms with Crippen molar-refractivity contribution in [1.82, 2.24) is 0 Å². The third kappa shape index (κ3) is 2.48. The average Bonchev–Trinajstić information content (AvgIpc) is 1.98. The summed E-state index contributed by atoms with van der Waals surface area (Å²) in [5.41, 5.74) is 0. The normalized spacial score (nSPS) is 24.4. The van der Waals surface area contributed by atoms with Gasteiger partial charge in [0.05, 0.1) is 9.68 Å². The number of allylic oxidation sites excluding steroid dienone is 2. The molecule has 0 aromatic carbocycles. The SMILES string of the molecule is CCOC1C=CC(I)=C(O)C1. The van der Waals surface area contributed by atoms with Crippen LogP contribution in [-0.4, -0.2) is 17.8 Å². The molecule has 0 amide bonds. The number of rotatable bonds is 2. The lowest BCUT2D eigenvalue weighted by atomic mass is 10.1. The average molecular weight is 266 g/mol. The van der Waals surface area contributed by atoms with Crippen molar-refractivity contribution < 1.29 is 9.84 Å². The minimum atomic E-state index is 0.0681. The summed E-state index contributed by atoms with van der Waals surface area (Å²) in [6.07, 6.45) is 4.55. The van der Waals surface area contributed by atoms with Crippen LogP contribution in [0, 0.1) is 0 Å². The molecule has 0 aromatic heterocycles. The first kappa shape index (κ1) is 9.06. The maximum atomic E-state index is 9.32. The van der Waals surface area contributed by atoms with Crippen LogP contribution in [0.1, 0.15) is 13.3 Å². The van der Waals surface area contributed by atoms with E-state index in [1.807, 2.05) is 19.1 Å². The molecule has 0 fully saturated rings. The molecule has 1 N–H and O–H groups in total. The van der Waals surface area contributed by atoms with E-state index in [0.29, 0.717) is 18.8 Å². The predicted molar refractivity (Wildman–Crippen MR) is 52.8 cm³/mol. The number of hydrogen-bond donors (Lipinski definition) is 1. The highest BCUT2D eigenvalue weighted by molar-refractivity contribution is 14.1. The van der Waals surface area contributed by atoms with Gasteiger partial charge in [0, 0.05) is 13.0 Å². The summed E-state index contributed by atoms with van der Waals surface area (Å²) >= 11 is 2.11. The van der Waals surface area contributed by atoms with Gasteiger partial charge in [0.1, 0.15) is 5.76 Å². The molecule has 0 aliphatic heterocycles. The highest BCUT2D eigenvalue weighted by atomic mass is 127. The Morgan fingerprint density at radius 1 is 1.82 bits per heavy atom. The second-order valence-corrected chi connectivity index (χ2v) is 3.51. The minimum Gasteiger partial charge on any atom is -0.511 e. The number of hydrogen-bond acceptors (Lipinski definition) is 2. The summed E-state index contributed by atoms with van der Waals surface area (Å²) in [4.78, 5) is 0. The molecule has 3 heteroatoms. The lowest BCUT2D eigenvalue weighted by Gasteiger charge is -2.16. The molecule has 2 nitrogen and oxygen atoms in total. The van der Waals surface area contributed by atoms with Crippen LogP contribution < -0.4 is 0 Å². The molecule has 1 aliphatic rings. The molecule has 1 atom stereocenters. The number of aliphatic hydroxyl groups excluding tert-OH is 1. The molecule has 1 aliphatic carbocycles. The quantitative estimate of drug-likeness (QED) is 0.778. The fourth-order valence-corrected chi connectivity index (χ4v) is 1.40. The summed E-state index contributed by atoms with van der Waals surface area (Å²) in [5.74, 6) is 0.437. The van der Waals surface area contributed by atoms with Gasteiger partial charge >= 0.3 is 0 Å². The van der Waals surface area contributed by atoms with E-state index in [-0.39, 0.29) is 6.10 Å². The topological polar surface area (TPSA) is 29.5 Å². The summed E-state index contributed by atoms with van der Waals surface area (Å²) in [5, 5.41) is 9.32. The van der Waals surface area contributed by atoms with Gasteiger partial charge in [0.15, 0.2) is 0 Å². The Labute approximate surface area is 80.1 Å². The molecule has 1 unspecified atom stereocenters. The fourth-order valence-electron chi connectivity index (χ4n) is 0.973. The van der Waals surface area contributed by atoms with Crippen molar-refractivity contribution in [2.45, 2.75) is 19.4 Å². The molecule has 62 valence electrons. The smallest absolute Gasteiger partial charge is 0.108 e. The molecule has 0 aromatic rings. The second kappa shape index (κ2) is 4.11. The summed E-state index contributed by atoms with van der Waals surface area (Å²) in [7, 11) is 0. The van der Waals surface area contributed by atoms with E-state index >= 15 is 0 Å². The predicted octanol–water partition coefficient (Wildman–Crippen LogP) is 2.56. The summed E-state index contributed by atoms with van der Waals surface area (Å²) in [6, 6.07) is 0. The molecule has 0 saturated heterocycles. The molecular formula is C8H11IO2. The summed E-state index contributed by atoms with van der Waals surface area (Å²) in [6.45, 7) is 2.65. The minimum absolute atomic E-state index is 0.0681. The van der Waals surface area contributed by atoms with Crippen molar-refractivity contribution in [1.29, 1.82) is 0 Å². The first-order valence-corrected chi connectivity index (χ1v) is 4.69. The van der Waals surface area contributed by atoms with Crippen LogP contribution in [0.2, 0.25) is 0 Å². The van der Waals surface area contributed by atoms with Gasteiger partial charge in [0.25, 0.3) is 0 Å². The highest BCUT2D eigenvalue weighted by Gasteiger charge is 2.13. The summed E-state index contributed by atoms with van der Waals surface area (Å²) < 4.78 is 6.23. The van der Waals surface area contributed by atoms with Crippen LogP contribution in [0.5, 0.6) is 0 Å². The Morgan fingerprint density at radius 2 is 2.55 bits per heavy atom. The Kier molecular flexibility index (Phi) is 3.39. The van der Waals surface area contributed by atoms with Gasteiger partial charge in [-0.05, 0) is 35.6 Å². The fraction of sp³-hybridized carbons (Fsp3) is 0.500. The molecule has 11 heavy (non-hydrogen) atoms. The van der Waals surface area contributed by atoms with Gasteiger partial charge < -0.3 is 9.84 Å². The van der Waals surface area contributed by atoms with Crippen LogP contribution in [0.4, 0.5) is 0 Å². The lowest BCUT2D eigenvalue weighted by molar-refractivity contribution is 0.0872. The van der Waals surface area contributed by atoms with Crippen molar-refractivity contribution in [3.05, 3.63) is 21.5 Å². The van der Waals surface area contributed by atoms with Crippen molar-refractivity contribution in [3.8, 4) is 0 Å². The van der Waals surface area contributed by atoms with Crippen molar-refractivity contribution >= 4 is 22.6 Å². The number of ether oxygens (including phenoxy) is 1. The molecule has 0 heterocycles. The number of aliphatic hydroxyl groups is 1. The van der Waals surface area contributed by atoms with Crippen molar-refractivity contribution in [3.63, 3.8) is 0 Å². The van der Waals surface area contributed by atoms with Crippen molar-refractivity contribution in [2.75, 3.05) is 6.61 Å². The Balaban J connectivity index is 2.52. The first-order chi connectivity index (χ1) is 5.24. The van der Waals surface area contributed by atoms with Gasteiger partial charge in [-0.15, -0.1) is 0 Å². The van der Waals surface area contributed by atoms with E-state index in [4.69, 9.17) is 4.74 Å². The first-order valence-electron chi connectivity index (χ1n) is 3.61. The third-order valence-corrected chi connectivity index (χ3v) is 2.49. The standard InChI is InChI=1S/C8H11IO2/c1-2-11-6-3-4-7(9)8(10)5-6/h3-4,6,10H,2,5H2,1H3. The van der Waals surface area contributed by atoms with Gasteiger partial charge in [-0.25, -0.2) is 0 Å². The van der Waals surface area contributed by atoms with Crippen LogP contribution in [0.15, 0.2) is 21.5 Å². The monoisotopic (exact) mass is 266 g/mol. The van der Waals surface area contributed by atoms with Crippen LogP contribution >= 0.6 is 22.6 Å². The molecule has 0 spiro atoms. The van der Waals surface area contributed by atoms with Gasteiger partial charge in [-0.3, -0.25) is 0 Å². The zero-order valence-corrected chi connectivity index (χ0v) is 8.54. The molecule has 0 bridgehead atoms. The maximum absolute atomic E-state index is 9.32. The Bertz CT molecular complexity index is 196. The molecule has 1 rings (SSSR count). The van der Waals surface area contributed by atoms with Crippen LogP contribution in [0.3, 0.4) is 0 Å². The van der Waals surface area contributed by atoms with Crippen LogP contribution in [0.25, 0.3) is 0 Å². The van der Waals surface area contributed by atoms with Crippen molar-refractivity contribution in [2.24, 2.45) is 0 Å². The van der Waals surface area contributed by atoms with E-state index < -0.39 is 0 Å². The maximum Gasteiger partial charge on any atom is 0.108 e.